The van der Waals surface area contributed by atoms with Gasteiger partial charge in [0.25, 0.3) is 0 Å². The van der Waals surface area contributed by atoms with Crippen molar-refractivity contribution < 1.29 is 4.79 Å². The van der Waals surface area contributed by atoms with E-state index in [0.29, 0.717) is 12.2 Å². The van der Waals surface area contributed by atoms with Crippen molar-refractivity contribution in [1.29, 1.82) is 0 Å². The molecule has 2 aromatic heterocycles. The molecule has 2 heterocycles. The van der Waals surface area contributed by atoms with Crippen molar-refractivity contribution in [2.24, 2.45) is 0 Å². The van der Waals surface area contributed by atoms with Gasteiger partial charge in [0.1, 0.15) is 0 Å². The number of anilines is 1. The van der Waals surface area contributed by atoms with E-state index in [0.717, 1.165) is 33.6 Å². The highest BCUT2D eigenvalue weighted by Crippen LogP contribution is 2.19. The molecule has 3 rings (SSSR count). The lowest BCUT2D eigenvalue weighted by atomic mass is 10.2. The van der Waals surface area contributed by atoms with E-state index < -0.39 is 0 Å². The van der Waals surface area contributed by atoms with Crippen LogP contribution in [0.3, 0.4) is 0 Å². The highest BCUT2D eigenvalue weighted by atomic mass is 32.1. The maximum absolute atomic E-state index is 12.0. The summed E-state index contributed by atoms with van der Waals surface area (Å²) >= 11 is 1.15. The van der Waals surface area contributed by atoms with Gasteiger partial charge in [0.2, 0.25) is 5.91 Å². The third kappa shape index (κ3) is 2.80. The number of aromatic nitrogens is 3. The molecule has 1 amide bonds. The fraction of sp³-hybridized carbons (Fsp3) is 0.267. The zero-order valence-corrected chi connectivity index (χ0v) is 13.2. The van der Waals surface area contributed by atoms with Gasteiger partial charge in [-0.3, -0.25) is 14.7 Å². The Morgan fingerprint density at radius 3 is 2.95 bits per heavy atom. The molecule has 22 heavy (non-hydrogen) atoms. The van der Waals surface area contributed by atoms with Crippen LogP contribution in [-0.2, 0) is 11.3 Å². The fourth-order valence-electron chi connectivity index (χ4n) is 2.33. The van der Waals surface area contributed by atoms with Crippen LogP contribution in [0.2, 0.25) is 0 Å². The highest BCUT2D eigenvalue weighted by molar-refractivity contribution is 7.07. The van der Waals surface area contributed by atoms with Crippen molar-refractivity contribution in [3.05, 3.63) is 44.6 Å². The van der Waals surface area contributed by atoms with E-state index in [-0.39, 0.29) is 17.2 Å². The second kappa shape index (κ2) is 5.76. The summed E-state index contributed by atoms with van der Waals surface area (Å²) in [5, 5.41) is 12.8. The van der Waals surface area contributed by atoms with Crippen LogP contribution in [0.1, 0.15) is 17.8 Å². The number of amides is 1. The number of aromatic amines is 1. The summed E-state index contributed by atoms with van der Waals surface area (Å²) in [4.78, 5) is 23.6. The van der Waals surface area contributed by atoms with E-state index in [1.165, 1.54) is 0 Å². The summed E-state index contributed by atoms with van der Waals surface area (Å²) in [5.41, 5.74) is 3.41. The molecular formula is C15H16N4O2S. The Labute approximate surface area is 130 Å². The lowest BCUT2D eigenvalue weighted by Gasteiger charge is -2.06. The predicted molar refractivity (Wildman–Crippen MR) is 87.4 cm³/mol. The Morgan fingerprint density at radius 2 is 2.23 bits per heavy atom. The number of carbonyl (C=O) groups is 1. The lowest BCUT2D eigenvalue weighted by Crippen LogP contribution is -2.20. The monoisotopic (exact) mass is 316 g/mol. The SMILES string of the molecule is Cc1[nH]nc2cc(NC(=O)CCn3c(C)csc3=O)ccc12. The summed E-state index contributed by atoms with van der Waals surface area (Å²) in [6, 6.07) is 5.61. The summed E-state index contributed by atoms with van der Waals surface area (Å²) in [7, 11) is 0. The molecule has 1 aromatic carbocycles. The third-order valence-corrected chi connectivity index (χ3v) is 4.45. The molecule has 0 spiro atoms. The van der Waals surface area contributed by atoms with E-state index in [9.17, 15) is 9.59 Å². The third-order valence-electron chi connectivity index (χ3n) is 3.57. The first-order chi connectivity index (χ1) is 10.5. The molecule has 0 saturated carbocycles. The molecule has 6 nitrogen and oxygen atoms in total. The average Bonchev–Trinajstić information content (AvgIpc) is 3.01. The maximum Gasteiger partial charge on any atom is 0.307 e. The van der Waals surface area contributed by atoms with Crippen LogP contribution < -0.4 is 10.2 Å². The van der Waals surface area contributed by atoms with Gasteiger partial charge in [-0.2, -0.15) is 5.10 Å². The Balaban J connectivity index is 1.66. The molecule has 0 aliphatic rings. The molecular weight excluding hydrogens is 300 g/mol. The number of hydrogen-bond donors (Lipinski definition) is 2. The van der Waals surface area contributed by atoms with Crippen LogP contribution in [0.4, 0.5) is 5.69 Å². The second-order valence-corrected chi connectivity index (χ2v) is 5.99. The number of benzene rings is 1. The van der Waals surface area contributed by atoms with E-state index in [2.05, 4.69) is 15.5 Å². The Hall–Kier alpha value is -2.41. The molecule has 0 saturated heterocycles. The Morgan fingerprint density at radius 1 is 1.41 bits per heavy atom. The van der Waals surface area contributed by atoms with Crippen molar-refractivity contribution in [2.45, 2.75) is 26.8 Å². The van der Waals surface area contributed by atoms with Crippen molar-refractivity contribution in [3.63, 3.8) is 0 Å². The van der Waals surface area contributed by atoms with Gasteiger partial charge in [-0.25, -0.2) is 0 Å². The molecule has 114 valence electrons. The largest absolute Gasteiger partial charge is 0.326 e. The summed E-state index contributed by atoms with van der Waals surface area (Å²) in [6.45, 7) is 4.21. The standard InChI is InChI=1S/C15H16N4O2S/c1-9-8-22-15(21)19(9)6-5-14(20)16-11-3-4-12-10(2)17-18-13(12)7-11/h3-4,7-8H,5-6H2,1-2H3,(H,16,20)(H,17,18). The normalized spacial score (nSPS) is 11.0. The number of nitrogens with zero attached hydrogens (tertiary/aromatic N) is 2. The number of thiazole rings is 1. The molecule has 0 unspecified atom stereocenters. The Kier molecular flexibility index (Phi) is 3.81. The fourth-order valence-corrected chi connectivity index (χ4v) is 3.10. The zero-order valence-electron chi connectivity index (χ0n) is 12.3. The number of rotatable bonds is 4. The van der Waals surface area contributed by atoms with Crippen LogP contribution >= 0.6 is 11.3 Å². The maximum atomic E-state index is 12.0. The summed E-state index contributed by atoms with van der Waals surface area (Å²) in [6.07, 6.45) is 0.259. The van der Waals surface area contributed by atoms with Gasteiger partial charge >= 0.3 is 4.87 Å². The van der Waals surface area contributed by atoms with Crippen LogP contribution in [0.25, 0.3) is 10.9 Å². The minimum Gasteiger partial charge on any atom is -0.326 e. The molecule has 0 radical (unpaired) electrons. The second-order valence-electron chi connectivity index (χ2n) is 5.17. The average molecular weight is 316 g/mol. The van der Waals surface area contributed by atoms with Crippen LogP contribution in [0.15, 0.2) is 28.4 Å². The minimum atomic E-state index is -0.121. The van der Waals surface area contributed by atoms with Crippen LogP contribution in [0, 0.1) is 13.8 Å². The number of carbonyl (C=O) groups excluding carboxylic acids is 1. The minimum absolute atomic E-state index is 0.0290. The van der Waals surface area contributed by atoms with Crippen LogP contribution in [-0.4, -0.2) is 20.7 Å². The first-order valence-corrected chi connectivity index (χ1v) is 7.82. The van der Waals surface area contributed by atoms with Crippen LogP contribution in [0.5, 0.6) is 0 Å². The van der Waals surface area contributed by atoms with Crippen molar-refractivity contribution in [1.82, 2.24) is 14.8 Å². The number of aryl methyl sites for hydroxylation is 2. The van der Waals surface area contributed by atoms with Gasteiger partial charge in [-0.1, -0.05) is 11.3 Å². The number of hydrogen-bond acceptors (Lipinski definition) is 4. The molecule has 0 bridgehead atoms. The Bertz CT molecular complexity index is 890. The highest BCUT2D eigenvalue weighted by Gasteiger charge is 2.08. The van der Waals surface area contributed by atoms with E-state index in [1.54, 1.807) is 9.95 Å². The summed E-state index contributed by atoms with van der Waals surface area (Å²) in [5.74, 6) is -0.121. The van der Waals surface area contributed by atoms with Gasteiger partial charge in [0.15, 0.2) is 0 Å². The van der Waals surface area contributed by atoms with E-state index in [1.807, 2.05) is 32.0 Å². The molecule has 7 heteroatoms. The summed E-state index contributed by atoms with van der Waals surface area (Å²) < 4.78 is 1.62. The molecule has 2 N–H and O–H groups in total. The first-order valence-electron chi connectivity index (χ1n) is 6.94. The number of nitrogens with one attached hydrogen (secondary N) is 2. The molecule has 0 aliphatic heterocycles. The molecule has 0 atom stereocenters. The van der Waals surface area contributed by atoms with Crippen molar-refractivity contribution in [2.75, 3.05) is 5.32 Å². The quantitative estimate of drug-likeness (QED) is 0.776. The lowest BCUT2D eigenvalue weighted by molar-refractivity contribution is -0.116. The molecule has 0 aliphatic carbocycles. The van der Waals surface area contributed by atoms with Gasteiger partial charge in [0.05, 0.1) is 5.52 Å². The van der Waals surface area contributed by atoms with E-state index >= 15 is 0 Å². The van der Waals surface area contributed by atoms with Gasteiger partial charge < -0.3 is 9.88 Å². The van der Waals surface area contributed by atoms with Crippen molar-refractivity contribution >= 4 is 33.8 Å². The van der Waals surface area contributed by atoms with Crippen molar-refractivity contribution in [3.8, 4) is 0 Å². The predicted octanol–water partition coefficient (Wildman–Crippen LogP) is 2.43. The number of fused-ring (bicyclic) bond motifs is 1. The zero-order chi connectivity index (χ0) is 15.7. The smallest absolute Gasteiger partial charge is 0.307 e. The van der Waals surface area contributed by atoms with Gasteiger partial charge in [-0.05, 0) is 32.0 Å². The van der Waals surface area contributed by atoms with E-state index in [4.69, 9.17) is 0 Å². The first kappa shape index (κ1) is 14.5. The topological polar surface area (TPSA) is 79.8 Å². The van der Waals surface area contributed by atoms with Gasteiger partial charge in [-0.15, -0.1) is 0 Å². The number of H-pyrrole nitrogens is 1. The van der Waals surface area contributed by atoms with Gasteiger partial charge in [0, 0.05) is 40.8 Å². The molecule has 3 aromatic rings. The molecule has 0 fully saturated rings.